The molecule has 0 spiro atoms. The Balaban J connectivity index is 1.73. The van der Waals surface area contributed by atoms with E-state index in [1.54, 1.807) is 7.11 Å². The number of amides is 1. The third-order valence-electron chi connectivity index (χ3n) is 5.27. The maximum atomic E-state index is 14.3. The Hall–Kier alpha value is -2.51. The van der Waals surface area contributed by atoms with Crippen molar-refractivity contribution < 1.29 is 13.9 Å². The van der Waals surface area contributed by atoms with Gasteiger partial charge in [0.15, 0.2) is 5.82 Å². The highest BCUT2D eigenvalue weighted by Gasteiger charge is 2.46. The molecule has 8 heteroatoms. The highest BCUT2D eigenvalue weighted by Crippen LogP contribution is 2.49. The highest BCUT2D eigenvalue weighted by atomic mass is 35.5. The molecule has 0 fully saturated rings. The zero-order valence-corrected chi connectivity index (χ0v) is 18.0. The van der Waals surface area contributed by atoms with Crippen molar-refractivity contribution in [3.05, 3.63) is 63.1 Å². The predicted molar refractivity (Wildman–Crippen MR) is 111 cm³/mol. The van der Waals surface area contributed by atoms with Crippen LogP contribution >= 0.6 is 22.9 Å². The number of benzene rings is 1. The summed E-state index contributed by atoms with van der Waals surface area (Å²) in [5, 5.41) is -0.0268. The summed E-state index contributed by atoms with van der Waals surface area (Å²) in [5.41, 5.74) is 1.94. The SMILES string of the molecule is COc1ccc(CN2C(=O)c3c(sc(-c4nc(Cl)ncc4F)c3C)C2(C)C)cc1. The van der Waals surface area contributed by atoms with Crippen LogP contribution in [-0.4, -0.2) is 27.9 Å². The molecule has 0 N–H and O–H groups in total. The van der Waals surface area contributed by atoms with E-state index < -0.39 is 11.4 Å². The maximum absolute atomic E-state index is 14.3. The second-order valence-corrected chi connectivity index (χ2v) is 8.75. The molecule has 0 radical (unpaired) electrons. The third kappa shape index (κ3) is 3.18. The van der Waals surface area contributed by atoms with Crippen molar-refractivity contribution in [3.63, 3.8) is 0 Å². The number of aromatic nitrogens is 2. The van der Waals surface area contributed by atoms with Gasteiger partial charge in [0.05, 0.1) is 29.3 Å². The minimum Gasteiger partial charge on any atom is -0.497 e. The summed E-state index contributed by atoms with van der Waals surface area (Å²) >= 11 is 7.25. The smallest absolute Gasteiger partial charge is 0.256 e. The molecule has 150 valence electrons. The number of fused-ring (bicyclic) bond motifs is 1. The number of methoxy groups -OCH3 is 1. The Kier molecular flexibility index (Phi) is 4.83. The van der Waals surface area contributed by atoms with E-state index in [1.165, 1.54) is 11.3 Å². The normalized spacial score (nSPS) is 15.0. The van der Waals surface area contributed by atoms with Gasteiger partial charge < -0.3 is 9.64 Å². The molecule has 0 unspecified atom stereocenters. The molecule has 1 aliphatic heterocycles. The Labute approximate surface area is 177 Å². The molecule has 1 amide bonds. The lowest BCUT2D eigenvalue weighted by Gasteiger charge is -2.32. The van der Waals surface area contributed by atoms with Crippen molar-refractivity contribution in [3.8, 4) is 16.3 Å². The largest absolute Gasteiger partial charge is 0.497 e. The number of hydrogen-bond donors (Lipinski definition) is 0. The van der Waals surface area contributed by atoms with Crippen molar-refractivity contribution in [2.24, 2.45) is 0 Å². The Morgan fingerprint density at radius 3 is 2.59 bits per heavy atom. The van der Waals surface area contributed by atoms with Crippen LogP contribution in [0.2, 0.25) is 5.28 Å². The first-order valence-electron chi connectivity index (χ1n) is 9.01. The lowest BCUT2D eigenvalue weighted by atomic mass is 10.0. The maximum Gasteiger partial charge on any atom is 0.256 e. The second-order valence-electron chi connectivity index (χ2n) is 7.39. The minimum absolute atomic E-state index is 0.0268. The zero-order valence-electron chi connectivity index (χ0n) is 16.4. The van der Waals surface area contributed by atoms with Crippen molar-refractivity contribution in [1.29, 1.82) is 0 Å². The predicted octanol–water partition coefficient (Wildman–Crippen LogP) is 5.21. The summed E-state index contributed by atoms with van der Waals surface area (Å²) in [6.07, 6.45) is 1.05. The summed E-state index contributed by atoms with van der Waals surface area (Å²) in [7, 11) is 1.62. The van der Waals surface area contributed by atoms with E-state index in [9.17, 15) is 9.18 Å². The van der Waals surface area contributed by atoms with Gasteiger partial charge in [-0.1, -0.05) is 12.1 Å². The van der Waals surface area contributed by atoms with Crippen LogP contribution < -0.4 is 4.74 Å². The molecule has 1 aromatic carbocycles. The van der Waals surface area contributed by atoms with Crippen LogP contribution in [0.3, 0.4) is 0 Å². The van der Waals surface area contributed by atoms with Crippen LogP contribution in [0.5, 0.6) is 5.75 Å². The summed E-state index contributed by atoms with van der Waals surface area (Å²) in [6.45, 7) is 6.30. The number of thiophene rings is 1. The molecule has 2 aromatic heterocycles. The van der Waals surface area contributed by atoms with Gasteiger partial charge in [-0.15, -0.1) is 11.3 Å². The van der Waals surface area contributed by atoms with Gasteiger partial charge in [-0.25, -0.2) is 14.4 Å². The Bertz CT molecular complexity index is 1110. The van der Waals surface area contributed by atoms with Gasteiger partial charge in [0.2, 0.25) is 5.28 Å². The second kappa shape index (κ2) is 7.07. The minimum atomic E-state index is -0.558. The first kappa shape index (κ1) is 19.8. The van der Waals surface area contributed by atoms with E-state index in [0.29, 0.717) is 22.5 Å². The van der Waals surface area contributed by atoms with Gasteiger partial charge in [0, 0.05) is 11.4 Å². The van der Waals surface area contributed by atoms with Crippen LogP contribution in [-0.2, 0) is 12.1 Å². The van der Waals surface area contributed by atoms with Crippen LogP contribution in [0.15, 0.2) is 30.5 Å². The lowest BCUT2D eigenvalue weighted by molar-refractivity contribution is 0.0598. The highest BCUT2D eigenvalue weighted by molar-refractivity contribution is 7.16. The number of rotatable bonds is 4. The number of halogens is 2. The Morgan fingerprint density at radius 2 is 1.97 bits per heavy atom. The van der Waals surface area contributed by atoms with Crippen LogP contribution in [0.1, 0.15) is 40.2 Å². The molecule has 3 heterocycles. The fourth-order valence-corrected chi connectivity index (χ4v) is 5.16. The number of carbonyl (C=O) groups excluding carboxylic acids is 1. The molecule has 3 aromatic rings. The van der Waals surface area contributed by atoms with Gasteiger partial charge in [0.25, 0.3) is 5.91 Å². The van der Waals surface area contributed by atoms with Crippen molar-refractivity contribution in [2.45, 2.75) is 32.9 Å². The number of ether oxygens (including phenoxy) is 1. The zero-order chi connectivity index (χ0) is 20.9. The molecular weight excluding hydrogens is 413 g/mol. The molecule has 0 saturated heterocycles. The van der Waals surface area contributed by atoms with Gasteiger partial charge in [-0.2, -0.15) is 0 Å². The summed E-state index contributed by atoms with van der Waals surface area (Å²) in [4.78, 5) is 24.4. The van der Waals surface area contributed by atoms with Crippen molar-refractivity contribution >= 4 is 28.8 Å². The van der Waals surface area contributed by atoms with Crippen LogP contribution in [0.25, 0.3) is 10.6 Å². The molecule has 0 aliphatic carbocycles. The van der Waals surface area contributed by atoms with Gasteiger partial charge in [-0.3, -0.25) is 4.79 Å². The standard InChI is InChI=1S/C21H19ClFN3O2S/c1-11-15-18(29-17(11)16-14(23)9-24-20(22)25-16)21(2,3)26(19(15)27)10-12-5-7-13(28-4)8-6-12/h5-9H,10H2,1-4H3. The summed E-state index contributed by atoms with van der Waals surface area (Å²) < 4.78 is 19.5. The van der Waals surface area contributed by atoms with Crippen LogP contribution in [0, 0.1) is 12.7 Å². The van der Waals surface area contributed by atoms with E-state index >= 15 is 0 Å². The summed E-state index contributed by atoms with van der Waals surface area (Å²) in [6, 6.07) is 7.66. The Morgan fingerprint density at radius 1 is 1.28 bits per heavy atom. The van der Waals surface area contributed by atoms with E-state index in [0.717, 1.165) is 22.4 Å². The molecule has 5 nitrogen and oxygen atoms in total. The topological polar surface area (TPSA) is 55.3 Å². The molecule has 0 saturated carbocycles. The molecular formula is C21H19ClFN3O2S. The van der Waals surface area contributed by atoms with Crippen molar-refractivity contribution in [1.82, 2.24) is 14.9 Å². The monoisotopic (exact) mass is 431 g/mol. The average Bonchev–Trinajstić information content (AvgIpc) is 3.13. The fourth-order valence-electron chi connectivity index (χ4n) is 3.63. The molecule has 1 aliphatic rings. The van der Waals surface area contributed by atoms with E-state index in [1.807, 2.05) is 49.9 Å². The average molecular weight is 432 g/mol. The number of hydrogen-bond acceptors (Lipinski definition) is 5. The third-order valence-corrected chi connectivity index (χ3v) is 7.06. The van der Waals surface area contributed by atoms with Crippen molar-refractivity contribution in [2.75, 3.05) is 7.11 Å². The molecule has 0 bridgehead atoms. The van der Waals surface area contributed by atoms with E-state index in [-0.39, 0.29) is 16.9 Å². The first-order chi connectivity index (χ1) is 13.7. The molecule has 0 atom stereocenters. The summed E-state index contributed by atoms with van der Waals surface area (Å²) in [5.74, 6) is 0.144. The van der Waals surface area contributed by atoms with E-state index in [4.69, 9.17) is 16.3 Å². The number of nitrogens with zero attached hydrogens (tertiary/aromatic N) is 3. The van der Waals surface area contributed by atoms with Gasteiger partial charge in [-0.05, 0) is 55.6 Å². The van der Waals surface area contributed by atoms with Crippen LogP contribution in [0.4, 0.5) is 4.39 Å². The first-order valence-corrected chi connectivity index (χ1v) is 10.2. The quantitative estimate of drug-likeness (QED) is 0.532. The van der Waals surface area contributed by atoms with E-state index in [2.05, 4.69) is 9.97 Å². The lowest BCUT2D eigenvalue weighted by Crippen LogP contribution is -2.38. The molecule has 4 rings (SSSR count). The fraction of sp³-hybridized carbons (Fsp3) is 0.286. The van der Waals surface area contributed by atoms with Gasteiger partial charge >= 0.3 is 0 Å². The number of carbonyl (C=O) groups is 1. The molecule has 29 heavy (non-hydrogen) atoms. The van der Waals surface area contributed by atoms with Gasteiger partial charge in [0.1, 0.15) is 11.4 Å².